The van der Waals surface area contributed by atoms with Gasteiger partial charge < -0.3 is 14.4 Å². The molecule has 230 valence electrons. The Balaban J connectivity index is 1.15. The highest BCUT2D eigenvalue weighted by Crippen LogP contribution is 2.27. The fourth-order valence-electron chi connectivity index (χ4n) is 5.39. The smallest absolute Gasteiger partial charge is 0.277 e. The first-order chi connectivity index (χ1) is 21.8. The van der Waals surface area contributed by atoms with E-state index in [4.69, 9.17) is 11.6 Å². The number of hydrogen-bond acceptors (Lipinski definition) is 6. The topological polar surface area (TPSA) is 87.1 Å². The van der Waals surface area contributed by atoms with Gasteiger partial charge in [0.05, 0.1) is 6.20 Å². The lowest BCUT2D eigenvalue weighted by Gasteiger charge is -2.36. The number of halogens is 2. The van der Waals surface area contributed by atoms with Crippen LogP contribution in [0.1, 0.15) is 29.5 Å². The number of nitrogens with zero attached hydrogens (tertiary/aromatic N) is 5. The van der Waals surface area contributed by atoms with Crippen molar-refractivity contribution in [1.29, 1.82) is 0 Å². The highest BCUT2D eigenvalue weighted by Gasteiger charge is 2.24. The normalized spacial score (nSPS) is 14.0. The van der Waals surface area contributed by atoms with Gasteiger partial charge in [-0.15, -0.1) is 0 Å². The highest BCUT2D eigenvalue weighted by molar-refractivity contribution is 7.98. The van der Waals surface area contributed by atoms with Crippen molar-refractivity contribution in [1.82, 2.24) is 24.6 Å². The van der Waals surface area contributed by atoms with E-state index in [0.717, 1.165) is 27.9 Å². The van der Waals surface area contributed by atoms with Gasteiger partial charge in [0.1, 0.15) is 12.4 Å². The Morgan fingerprint density at radius 1 is 0.978 bits per heavy atom. The lowest BCUT2D eigenvalue weighted by atomic mass is 9.98. The van der Waals surface area contributed by atoms with Gasteiger partial charge in [0, 0.05) is 66.5 Å². The summed E-state index contributed by atoms with van der Waals surface area (Å²) < 4.78 is 15.2. The van der Waals surface area contributed by atoms with Gasteiger partial charge in [0.2, 0.25) is 5.91 Å². The fourth-order valence-corrected chi connectivity index (χ4v) is 6.44. The van der Waals surface area contributed by atoms with E-state index in [0.29, 0.717) is 47.7 Å². The summed E-state index contributed by atoms with van der Waals surface area (Å²) in [6.07, 6.45) is 5.18. The van der Waals surface area contributed by atoms with Gasteiger partial charge in [-0.05, 0) is 58.7 Å². The molecule has 0 aliphatic carbocycles. The first-order valence-corrected chi connectivity index (χ1v) is 16.1. The van der Waals surface area contributed by atoms with E-state index in [2.05, 4.69) is 44.3 Å². The number of rotatable bonds is 9. The number of aromatic nitrogens is 4. The Labute approximate surface area is 269 Å². The van der Waals surface area contributed by atoms with Crippen LogP contribution in [0.4, 0.5) is 10.1 Å². The number of carbonyl (C=O) groups is 1. The van der Waals surface area contributed by atoms with Gasteiger partial charge in [-0.2, -0.15) is 10.1 Å². The van der Waals surface area contributed by atoms with Crippen molar-refractivity contribution < 1.29 is 9.18 Å². The molecule has 6 rings (SSSR count). The van der Waals surface area contributed by atoms with Gasteiger partial charge >= 0.3 is 0 Å². The first-order valence-electron chi connectivity index (χ1n) is 14.7. The summed E-state index contributed by atoms with van der Waals surface area (Å²) in [5, 5.41) is 7.96. The summed E-state index contributed by atoms with van der Waals surface area (Å²) in [7, 11) is 0. The summed E-state index contributed by atoms with van der Waals surface area (Å²) in [5.41, 5.74) is 5.23. The van der Waals surface area contributed by atoms with E-state index in [9.17, 15) is 14.0 Å². The van der Waals surface area contributed by atoms with Crippen LogP contribution in [0.25, 0.3) is 11.1 Å². The zero-order chi connectivity index (χ0) is 31.3. The van der Waals surface area contributed by atoms with Gasteiger partial charge in [-0.1, -0.05) is 66.7 Å². The molecule has 0 bridgehead atoms. The van der Waals surface area contributed by atoms with Crippen LogP contribution in [-0.4, -0.2) is 56.7 Å². The molecular formula is C34H32ClFN6O2S. The number of piperazine rings is 1. The summed E-state index contributed by atoms with van der Waals surface area (Å²) in [5.74, 6) is -0.121. The van der Waals surface area contributed by atoms with Gasteiger partial charge in [-0.3, -0.25) is 14.7 Å². The molecule has 3 heterocycles. The predicted molar refractivity (Wildman–Crippen MR) is 176 cm³/mol. The van der Waals surface area contributed by atoms with Crippen LogP contribution in [-0.2, 0) is 17.1 Å². The predicted octanol–water partition coefficient (Wildman–Crippen LogP) is 6.22. The molecule has 1 atom stereocenters. The number of thioether (sulfide) groups is 1. The van der Waals surface area contributed by atoms with Crippen LogP contribution in [0.3, 0.4) is 0 Å². The van der Waals surface area contributed by atoms with E-state index in [1.165, 1.54) is 23.9 Å². The minimum Gasteiger partial charge on any atom is -0.368 e. The quantitative estimate of drug-likeness (QED) is 0.152. The summed E-state index contributed by atoms with van der Waals surface area (Å²) >= 11 is 7.38. The maximum absolute atomic E-state index is 13.6. The minimum absolute atomic E-state index is 0.0382. The zero-order valence-corrected chi connectivity index (χ0v) is 26.3. The van der Waals surface area contributed by atoms with Crippen molar-refractivity contribution in [3.63, 3.8) is 0 Å². The Hall–Kier alpha value is -4.41. The summed E-state index contributed by atoms with van der Waals surface area (Å²) in [4.78, 5) is 35.3. The molecule has 0 spiro atoms. The summed E-state index contributed by atoms with van der Waals surface area (Å²) in [6.45, 7) is 4.57. The number of H-pyrrole nitrogens is 1. The number of benzene rings is 3. The molecule has 1 saturated heterocycles. The monoisotopic (exact) mass is 642 g/mol. The van der Waals surface area contributed by atoms with Crippen LogP contribution in [0.5, 0.6) is 0 Å². The molecule has 1 amide bonds. The highest BCUT2D eigenvalue weighted by atomic mass is 35.5. The second-order valence-electron chi connectivity index (χ2n) is 11.0. The molecular weight excluding hydrogens is 611 g/mol. The third-order valence-electron chi connectivity index (χ3n) is 8.10. The largest absolute Gasteiger partial charge is 0.368 e. The van der Waals surface area contributed by atoms with E-state index >= 15 is 0 Å². The third kappa shape index (κ3) is 7.29. The van der Waals surface area contributed by atoms with Gasteiger partial charge in [0.15, 0.2) is 5.16 Å². The molecule has 0 saturated carbocycles. The second kappa shape index (κ2) is 13.7. The van der Waals surface area contributed by atoms with E-state index in [1.54, 1.807) is 35.3 Å². The van der Waals surface area contributed by atoms with Crippen molar-refractivity contribution in [3.8, 4) is 11.1 Å². The number of hydrogen-bond donors (Lipinski definition) is 1. The molecule has 1 N–H and O–H groups in total. The molecule has 5 aromatic rings. The van der Waals surface area contributed by atoms with Crippen LogP contribution in [0.15, 0.2) is 101 Å². The number of aromatic amines is 1. The Kier molecular flexibility index (Phi) is 9.32. The number of carbonyl (C=O) groups excluding carboxylic acids is 1. The molecule has 45 heavy (non-hydrogen) atoms. The first kappa shape index (κ1) is 30.6. The maximum atomic E-state index is 13.6. The standard InChI is InChI=1S/C34H32ClFN6O2S/c1-23(27-18-37-38-19-27)31-20-42(34(39-33(31)44)45-22-24-2-10-29(36)11-3-24)21-32(43)41-16-14-40(15-17-41)30-12-6-26(7-13-30)25-4-8-28(35)9-5-25/h2-13,18-20,23H,14-17,21-22H2,1H3,(H,37,38). The Bertz CT molecular complexity index is 1800. The SMILES string of the molecule is CC(c1cn[nH]c1)c1cn(CC(=O)N2CCN(c3ccc(-c4ccc(Cl)cc4)cc3)CC2)c(SCc2ccc(F)cc2)nc1=O. The number of nitrogens with one attached hydrogen (secondary N) is 1. The van der Waals surface area contributed by atoms with Crippen molar-refractivity contribution in [3.05, 3.63) is 129 Å². The van der Waals surface area contributed by atoms with E-state index < -0.39 is 0 Å². The molecule has 8 nitrogen and oxygen atoms in total. The number of anilines is 1. The van der Waals surface area contributed by atoms with Crippen molar-refractivity contribution in [2.24, 2.45) is 0 Å². The Morgan fingerprint density at radius 3 is 2.29 bits per heavy atom. The van der Waals surface area contributed by atoms with Gasteiger partial charge in [0.25, 0.3) is 5.56 Å². The van der Waals surface area contributed by atoms with Crippen LogP contribution < -0.4 is 10.5 Å². The average Bonchev–Trinajstić information content (AvgIpc) is 3.61. The van der Waals surface area contributed by atoms with Crippen molar-refractivity contribution in [2.45, 2.75) is 30.3 Å². The molecule has 11 heteroatoms. The van der Waals surface area contributed by atoms with Crippen molar-refractivity contribution >= 4 is 35.0 Å². The minimum atomic E-state index is -0.343. The molecule has 1 fully saturated rings. The maximum Gasteiger partial charge on any atom is 0.277 e. The molecule has 1 unspecified atom stereocenters. The molecule has 0 radical (unpaired) electrons. The average molecular weight is 643 g/mol. The van der Waals surface area contributed by atoms with Gasteiger partial charge in [-0.25, -0.2) is 4.39 Å². The van der Waals surface area contributed by atoms with Crippen LogP contribution >= 0.6 is 23.4 Å². The van der Waals surface area contributed by atoms with E-state index in [1.807, 2.05) is 36.1 Å². The lowest BCUT2D eigenvalue weighted by molar-refractivity contribution is -0.132. The van der Waals surface area contributed by atoms with E-state index in [-0.39, 0.29) is 29.7 Å². The van der Waals surface area contributed by atoms with Crippen molar-refractivity contribution in [2.75, 3.05) is 31.1 Å². The lowest BCUT2D eigenvalue weighted by Crippen LogP contribution is -2.49. The van der Waals surface area contributed by atoms with Crippen LogP contribution in [0.2, 0.25) is 5.02 Å². The summed E-state index contributed by atoms with van der Waals surface area (Å²) in [6, 6.07) is 22.4. The molecule has 3 aromatic carbocycles. The van der Waals surface area contributed by atoms with Crippen LogP contribution in [0, 0.1) is 5.82 Å². The second-order valence-corrected chi connectivity index (χ2v) is 12.4. The fraction of sp³-hybridized carbons (Fsp3) is 0.235. The Morgan fingerprint density at radius 2 is 1.64 bits per heavy atom. The number of amides is 1. The molecule has 2 aromatic heterocycles. The molecule has 1 aliphatic heterocycles. The zero-order valence-electron chi connectivity index (χ0n) is 24.7. The molecule has 1 aliphatic rings. The third-order valence-corrected chi connectivity index (χ3v) is 9.41.